The molecule has 1 aromatic rings. The molecule has 1 aromatic carbocycles. The number of carboxylic acids is 1. The van der Waals surface area contributed by atoms with E-state index >= 15 is 0 Å². The molecule has 0 saturated carbocycles. The molecule has 1 fully saturated rings. The lowest BCUT2D eigenvalue weighted by atomic mass is 9.99. The van der Waals surface area contributed by atoms with Crippen molar-refractivity contribution < 1.29 is 14.3 Å². The maximum Gasteiger partial charge on any atom is 0.320 e. The molecule has 1 N–H and O–H groups in total. The van der Waals surface area contributed by atoms with Crippen molar-refractivity contribution in [3.63, 3.8) is 0 Å². The standard InChI is InChI=1S/C14H18FNO2/c1-10(14(17)18)16-7-6-12(9-16)8-11-2-4-13(15)5-3-11/h2-5,10,12H,6-9H2,1H3,(H,17,18)/t10-,12-/m1/s1. The van der Waals surface area contributed by atoms with E-state index < -0.39 is 12.0 Å². The lowest BCUT2D eigenvalue weighted by molar-refractivity contribution is -0.142. The highest BCUT2D eigenvalue weighted by Crippen LogP contribution is 2.22. The second-order valence-corrected chi connectivity index (χ2v) is 4.99. The molecule has 1 aliphatic heterocycles. The van der Waals surface area contributed by atoms with Crippen LogP contribution in [-0.2, 0) is 11.2 Å². The highest BCUT2D eigenvalue weighted by molar-refractivity contribution is 5.72. The fraction of sp³-hybridized carbons (Fsp3) is 0.500. The summed E-state index contributed by atoms with van der Waals surface area (Å²) in [5.74, 6) is -0.513. The Morgan fingerprint density at radius 1 is 1.50 bits per heavy atom. The van der Waals surface area contributed by atoms with E-state index in [2.05, 4.69) is 0 Å². The van der Waals surface area contributed by atoms with Gasteiger partial charge in [-0.25, -0.2) is 4.39 Å². The van der Waals surface area contributed by atoms with Crippen molar-refractivity contribution >= 4 is 5.97 Å². The number of hydrogen-bond acceptors (Lipinski definition) is 2. The van der Waals surface area contributed by atoms with Gasteiger partial charge in [0.15, 0.2) is 0 Å². The normalized spacial score (nSPS) is 22.0. The molecule has 0 amide bonds. The molecule has 18 heavy (non-hydrogen) atoms. The molecule has 2 atom stereocenters. The van der Waals surface area contributed by atoms with Crippen LogP contribution < -0.4 is 0 Å². The number of halogens is 1. The molecule has 1 saturated heterocycles. The molecule has 0 aliphatic carbocycles. The third kappa shape index (κ3) is 3.07. The van der Waals surface area contributed by atoms with Crippen LogP contribution in [0.2, 0.25) is 0 Å². The Morgan fingerprint density at radius 3 is 2.78 bits per heavy atom. The first kappa shape index (κ1) is 13.0. The van der Waals surface area contributed by atoms with Gasteiger partial charge in [0.2, 0.25) is 0 Å². The third-order valence-electron chi connectivity index (χ3n) is 3.66. The van der Waals surface area contributed by atoms with Crippen LogP contribution >= 0.6 is 0 Å². The number of nitrogens with zero attached hydrogens (tertiary/aromatic N) is 1. The first-order chi connectivity index (χ1) is 8.56. The predicted octanol–water partition coefficient (Wildman–Crippen LogP) is 2.16. The number of rotatable bonds is 4. The van der Waals surface area contributed by atoms with Gasteiger partial charge < -0.3 is 5.11 Å². The molecule has 1 heterocycles. The van der Waals surface area contributed by atoms with Gasteiger partial charge in [-0.2, -0.15) is 0 Å². The summed E-state index contributed by atoms with van der Waals surface area (Å²) in [4.78, 5) is 12.9. The minimum Gasteiger partial charge on any atom is -0.480 e. The molecule has 4 heteroatoms. The molecule has 0 radical (unpaired) electrons. The Hall–Kier alpha value is -1.42. The Morgan fingerprint density at radius 2 is 2.17 bits per heavy atom. The van der Waals surface area contributed by atoms with Gasteiger partial charge in [-0.05, 0) is 49.9 Å². The topological polar surface area (TPSA) is 40.5 Å². The van der Waals surface area contributed by atoms with E-state index in [1.54, 1.807) is 19.1 Å². The number of hydrogen-bond donors (Lipinski definition) is 1. The Balaban J connectivity index is 1.89. The summed E-state index contributed by atoms with van der Waals surface area (Å²) in [7, 11) is 0. The largest absolute Gasteiger partial charge is 0.480 e. The summed E-state index contributed by atoms with van der Waals surface area (Å²) in [6, 6.07) is 6.14. The van der Waals surface area contributed by atoms with Crippen LogP contribution in [-0.4, -0.2) is 35.1 Å². The zero-order valence-corrected chi connectivity index (χ0v) is 10.5. The molecule has 0 aromatic heterocycles. The Bertz CT molecular complexity index is 418. The van der Waals surface area contributed by atoms with Gasteiger partial charge >= 0.3 is 5.97 Å². The first-order valence-electron chi connectivity index (χ1n) is 6.27. The third-order valence-corrected chi connectivity index (χ3v) is 3.66. The van der Waals surface area contributed by atoms with Gasteiger partial charge in [0.25, 0.3) is 0 Å². The molecule has 1 aliphatic rings. The lowest BCUT2D eigenvalue weighted by Crippen LogP contribution is -2.37. The molecular weight excluding hydrogens is 233 g/mol. The zero-order valence-electron chi connectivity index (χ0n) is 10.5. The van der Waals surface area contributed by atoms with E-state index in [0.717, 1.165) is 31.5 Å². The number of aliphatic carboxylic acids is 1. The maximum absolute atomic E-state index is 12.8. The number of benzene rings is 1. The van der Waals surface area contributed by atoms with Crippen molar-refractivity contribution in [1.29, 1.82) is 0 Å². The van der Waals surface area contributed by atoms with Crippen molar-refractivity contribution in [3.8, 4) is 0 Å². The second kappa shape index (κ2) is 5.48. The van der Waals surface area contributed by atoms with Crippen molar-refractivity contribution in [3.05, 3.63) is 35.6 Å². The Labute approximate surface area is 106 Å². The smallest absolute Gasteiger partial charge is 0.320 e. The monoisotopic (exact) mass is 251 g/mol. The highest BCUT2D eigenvalue weighted by Gasteiger charge is 2.29. The molecule has 0 spiro atoms. The van der Waals surface area contributed by atoms with Gasteiger partial charge in [-0.1, -0.05) is 12.1 Å². The van der Waals surface area contributed by atoms with Crippen LogP contribution in [0.25, 0.3) is 0 Å². The van der Waals surface area contributed by atoms with Crippen LogP contribution in [0.15, 0.2) is 24.3 Å². The van der Waals surface area contributed by atoms with Crippen molar-refractivity contribution in [1.82, 2.24) is 4.90 Å². The fourth-order valence-electron chi connectivity index (χ4n) is 2.49. The zero-order chi connectivity index (χ0) is 13.1. The molecule has 0 bridgehead atoms. The highest BCUT2D eigenvalue weighted by atomic mass is 19.1. The molecule has 2 rings (SSSR count). The van der Waals surface area contributed by atoms with Crippen LogP contribution in [0.3, 0.4) is 0 Å². The predicted molar refractivity (Wildman–Crippen MR) is 66.9 cm³/mol. The van der Waals surface area contributed by atoms with Crippen LogP contribution in [0, 0.1) is 11.7 Å². The first-order valence-corrected chi connectivity index (χ1v) is 6.27. The van der Waals surface area contributed by atoms with Gasteiger partial charge in [0, 0.05) is 6.54 Å². The quantitative estimate of drug-likeness (QED) is 0.891. The number of likely N-dealkylation sites (tertiary alicyclic amines) is 1. The van der Waals surface area contributed by atoms with E-state index in [4.69, 9.17) is 5.11 Å². The van der Waals surface area contributed by atoms with E-state index in [9.17, 15) is 9.18 Å². The van der Waals surface area contributed by atoms with Gasteiger partial charge in [0.05, 0.1) is 0 Å². The Kier molecular flexibility index (Phi) is 3.97. The number of carbonyl (C=O) groups is 1. The summed E-state index contributed by atoms with van der Waals surface area (Å²) < 4.78 is 12.8. The van der Waals surface area contributed by atoms with E-state index in [1.807, 2.05) is 4.90 Å². The van der Waals surface area contributed by atoms with Gasteiger partial charge in [0.1, 0.15) is 11.9 Å². The lowest BCUT2D eigenvalue weighted by Gasteiger charge is -2.20. The average molecular weight is 251 g/mol. The second-order valence-electron chi connectivity index (χ2n) is 4.99. The summed E-state index contributed by atoms with van der Waals surface area (Å²) in [5.41, 5.74) is 1.12. The van der Waals surface area contributed by atoms with Crippen molar-refractivity contribution in [2.45, 2.75) is 25.8 Å². The van der Waals surface area contributed by atoms with Gasteiger partial charge in [-0.15, -0.1) is 0 Å². The fourth-order valence-corrected chi connectivity index (χ4v) is 2.49. The summed E-state index contributed by atoms with van der Waals surface area (Å²) >= 11 is 0. The molecule has 3 nitrogen and oxygen atoms in total. The van der Waals surface area contributed by atoms with Crippen LogP contribution in [0.1, 0.15) is 18.9 Å². The van der Waals surface area contributed by atoms with Crippen LogP contribution in [0.5, 0.6) is 0 Å². The average Bonchev–Trinajstić information content (AvgIpc) is 2.79. The van der Waals surface area contributed by atoms with Gasteiger partial charge in [-0.3, -0.25) is 9.69 Å². The minimum absolute atomic E-state index is 0.216. The molecule has 98 valence electrons. The van der Waals surface area contributed by atoms with Crippen molar-refractivity contribution in [2.75, 3.05) is 13.1 Å². The minimum atomic E-state index is -0.766. The van der Waals surface area contributed by atoms with E-state index in [1.165, 1.54) is 12.1 Å². The summed E-state index contributed by atoms with van der Waals surface area (Å²) in [5, 5.41) is 8.97. The van der Waals surface area contributed by atoms with Crippen LogP contribution in [0.4, 0.5) is 4.39 Å². The maximum atomic E-state index is 12.8. The SMILES string of the molecule is C[C@H](C(=O)O)N1CC[C@H](Cc2ccc(F)cc2)C1. The number of carboxylic acid groups (broad SMARTS) is 1. The van der Waals surface area contributed by atoms with Crippen molar-refractivity contribution in [2.24, 2.45) is 5.92 Å². The summed E-state index contributed by atoms with van der Waals surface area (Å²) in [6.07, 6.45) is 1.90. The molecule has 0 unspecified atom stereocenters. The molecular formula is C14H18FNO2. The van der Waals surface area contributed by atoms with E-state index in [-0.39, 0.29) is 5.82 Å². The van der Waals surface area contributed by atoms with E-state index in [0.29, 0.717) is 5.92 Å². The summed E-state index contributed by atoms with van der Waals surface area (Å²) in [6.45, 7) is 3.37.